The maximum atomic E-state index is 11.9. The van der Waals surface area contributed by atoms with E-state index in [4.69, 9.17) is 4.42 Å². The fourth-order valence-electron chi connectivity index (χ4n) is 2.58. The van der Waals surface area contributed by atoms with E-state index < -0.39 is 0 Å². The minimum Gasteiger partial charge on any atom is -0.467 e. The van der Waals surface area contributed by atoms with Crippen molar-refractivity contribution in [3.05, 3.63) is 59.7 Å². The molecule has 2 aromatic heterocycles. The number of rotatable bonds is 5. The van der Waals surface area contributed by atoms with E-state index in [1.54, 1.807) is 6.26 Å². The number of fused-ring (bicyclic) bond motifs is 1. The van der Waals surface area contributed by atoms with Crippen molar-refractivity contribution >= 4 is 16.8 Å². The molecule has 0 atom stereocenters. The second-order valence-electron chi connectivity index (χ2n) is 5.13. The third kappa shape index (κ3) is 2.99. The van der Waals surface area contributed by atoms with Gasteiger partial charge in [-0.3, -0.25) is 4.79 Å². The molecule has 4 heteroatoms. The van der Waals surface area contributed by atoms with E-state index in [2.05, 4.69) is 29.4 Å². The van der Waals surface area contributed by atoms with Crippen LogP contribution in [0, 0.1) is 6.92 Å². The SMILES string of the molecule is Cc1[nH]c2ccccc2c1CCC(=O)NCc1ccco1. The molecule has 0 fully saturated rings. The van der Waals surface area contributed by atoms with Gasteiger partial charge < -0.3 is 14.7 Å². The number of nitrogens with one attached hydrogen (secondary N) is 2. The van der Waals surface area contributed by atoms with Gasteiger partial charge in [-0.25, -0.2) is 0 Å². The van der Waals surface area contributed by atoms with E-state index in [0.29, 0.717) is 13.0 Å². The Labute approximate surface area is 123 Å². The standard InChI is InChI=1S/C17H18N2O2/c1-12-14(15-6-2-3-7-16(15)19-12)8-9-17(20)18-11-13-5-4-10-21-13/h2-7,10,19H,8-9,11H2,1H3,(H,18,20). The van der Waals surface area contributed by atoms with E-state index in [9.17, 15) is 4.79 Å². The second-order valence-corrected chi connectivity index (χ2v) is 5.13. The van der Waals surface area contributed by atoms with Gasteiger partial charge in [0.1, 0.15) is 5.76 Å². The molecule has 3 aromatic rings. The summed E-state index contributed by atoms with van der Waals surface area (Å²) >= 11 is 0. The topological polar surface area (TPSA) is 58.0 Å². The molecule has 0 spiro atoms. The largest absolute Gasteiger partial charge is 0.467 e. The Morgan fingerprint density at radius 2 is 2.10 bits per heavy atom. The molecule has 0 unspecified atom stereocenters. The van der Waals surface area contributed by atoms with Gasteiger partial charge in [-0.05, 0) is 37.1 Å². The highest BCUT2D eigenvalue weighted by Gasteiger charge is 2.10. The maximum Gasteiger partial charge on any atom is 0.220 e. The van der Waals surface area contributed by atoms with Gasteiger partial charge in [0.05, 0.1) is 12.8 Å². The Balaban J connectivity index is 1.61. The van der Waals surface area contributed by atoms with Gasteiger partial charge in [-0.15, -0.1) is 0 Å². The molecule has 2 N–H and O–H groups in total. The first-order chi connectivity index (χ1) is 10.2. The van der Waals surface area contributed by atoms with Crippen molar-refractivity contribution in [2.24, 2.45) is 0 Å². The van der Waals surface area contributed by atoms with Crippen LogP contribution in [-0.4, -0.2) is 10.9 Å². The third-order valence-electron chi connectivity index (χ3n) is 3.67. The summed E-state index contributed by atoms with van der Waals surface area (Å²) in [5.74, 6) is 0.808. The second kappa shape index (κ2) is 5.87. The molecule has 0 radical (unpaired) electrons. The van der Waals surface area contributed by atoms with E-state index in [0.717, 1.165) is 23.4 Å². The first-order valence-electron chi connectivity index (χ1n) is 7.09. The summed E-state index contributed by atoms with van der Waals surface area (Å²) in [6.45, 7) is 2.49. The summed E-state index contributed by atoms with van der Waals surface area (Å²) < 4.78 is 5.19. The fourth-order valence-corrected chi connectivity index (χ4v) is 2.58. The number of hydrogen-bond donors (Lipinski definition) is 2. The highest BCUT2D eigenvalue weighted by Crippen LogP contribution is 2.22. The molecule has 4 nitrogen and oxygen atoms in total. The number of para-hydroxylation sites is 1. The van der Waals surface area contributed by atoms with E-state index in [1.807, 2.05) is 24.3 Å². The molecule has 1 amide bonds. The Morgan fingerprint density at radius 3 is 2.90 bits per heavy atom. The molecule has 0 aliphatic rings. The predicted octanol–water partition coefficient (Wildman–Crippen LogP) is 3.32. The number of carbonyl (C=O) groups is 1. The number of H-pyrrole nitrogens is 1. The lowest BCUT2D eigenvalue weighted by molar-refractivity contribution is -0.121. The lowest BCUT2D eigenvalue weighted by Crippen LogP contribution is -2.22. The van der Waals surface area contributed by atoms with Crippen LogP contribution >= 0.6 is 0 Å². The van der Waals surface area contributed by atoms with Crippen molar-refractivity contribution in [3.63, 3.8) is 0 Å². The van der Waals surface area contributed by atoms with Crippen molar-refractivity contribution < 1.29 is 9.21 Å². The first kappa shape index (κ1) is 13.5. The average molecular weight is 282 g/mol. The Hall–Kier alpha value is -2.49. The number of aromatic nitrogens is 1. The summed E-state index contributed by atoms with van der Waals surface area (Å²) in [5, 5.41) is 4.07. The smallest absolute Gasteiger partial charge is 0.220 e. The summed E-state index contributed by atoms with van der Waals surface area (Å²) in [7, 11) is 0. The number of furan rings is 1. The number of aromatic amines is 1. The minimum atomic E-state index is 0.0380. The Morgan fingerprint density at radius 1 is 1.24 bits per heavy atom. The fraction of sp³-hybridized carbons (Fsp3) is 0.235. The zero-order chi connectivity index (χ0) is 14.7. The van der Waals surface area contributed by atoms with Crippen molar-refractivity contribution in [2.45, 2.75) is 26.3 Å². The monoisotopic (exact) mass is 282 g/mol. The molecular formula is C17H18N2O2. The first-order valence-corrected chi connectivity index (χ1v) is 7.09. The Kier molecular flexibility index (Phi) is 3.77. The van der Waals surface area contributed by atoms with Crippen LogP contribution in [-0.2, 0) is 17.8 Å². The highest BCUT2D eigenvalue weighted by molar-refractivity contribution is 5.85. The van der Waals surface area contributed by atoms with Crippen LogP contribution in [0.2, 0.25) is 0 Å². The molecule has 2 heterocycles. The van der Waals surface area contributed by atoms with Gasteiger partial charge in [0.2, 0.25) is 5.91 Å². The van der Waals surface area contributed by atoms with Crippen molar-refractivity contribution in [1.29, 1.82) is 0 Å². The number of amides is 1. The van der Waals surface area contributed by atoms with E-state index in [-0.39, 0.29) is 5.91 Å². The molecule has 0 saturated carbocycles. The van der Waals surface area contributed by atoms with Gasteiger partial charge in [0.15, 0.2) is 0 Å². The molecule has 0 saturated heterocycles. The summed E-state index contributed by atoms with van der Waals surface area (Å²) in [4.78, 5) is 15.3. The molecular weight excluding hydrogens is 264 g/mol. The van der Waals surface area contributed by atoms with Gasteiger partial charge in [-0.1, -0.05) is 18.2 Å². The summed E-state index contributed by atoms with van der Waals surface area (Å²) in [6, 6.07) is 11.9. The summed E-state index contributed by atoms with van der Waals surface area (Å²) in [6.07, 6.45) is 2.82. The number of hydrogen-bond acceptors (Lipinski definition) is 2. The molecule has 0 aliphatic carbocycles. The van der Waals surface area contributed by atoms with Crippen LogP contribution in [0.1, 0.15) is 23.4 Å². The molecule has 0 aliphatic heterocycles. The lowest BCUT2D eigenvalue weighted by Gasteiger charge is -2.04. The predicted molar refractivity (Wildman–Crippen MR) is 81.9 cm³/mol. The van der Waals surface area contributed by atoms with Crippen LogP contribution in [0.4, 0.5) is 0 Å². The Bertz CT molecular complexity index is 741. The highest BCUT2D eigenvalue weighted by atomic mass is 16.3. The molecule has 21 heavy (non-hydrogen) atoms. The molecule has 0 bridgehead atoms. The van der Waals surface area contributed by atoms with Gasteiger partial charge in [0, 0.05) is 23.0 Å². The number of aryl methyl sites for hydroxylation is 2. The normalized spacial score (nSPS) is 10.9. The zero-order valence-electron chi connectivity index (χ0n) is 12.0. The average Bonchev–Trinajstić information content (AvgIpc) is 3.10. The van der Waals surface area contributed by atoms with Crippen LogP contribution in [0.3, 0.4) is 0 Å². The summed E-state index contributed by atoms with van der Waals surface area (Å²) in [5.41, 5.74) is 3.48. The van der Waals surface area contributed by atoms with Crippen molar-refractivity contribution in [2.75, 3.05) is 0 Å². The maximum absolute atomic E-state index is 11.9. The minimum absolute atomic E-state index is 0.0380. The van der Waals surface area contributed by atoms with Crippen LogP contribution < -0.4 is 5.32 Å². The van der Waals surface area contributed by atoms with Crippen LogP contribution in [0.25, 0.3) is 10.9 Å². The van der Waals surface area contributed by atoms with Crippen LogP contribution in [0.15, 0.2) is 47.1 Å². The lowest BCUT2D eigenvalue weighted by atomic mass is 10.1. The van der Waals surface area contributed by atoms with Crippen molar-refractivity contribution in [3.8, 4) is 0 Å². The van der Waals surface area contributed by atoms with Crippen molar-refractivity contribution in [1.82, 2.24) is 10.3 Å². The quantitative estimate of drug-likeness (QED) is 0.754. The molecule has 3 rings (SSSR count). The van der Waals surface area contributed by atoms with Gasteiger partial charge in [-0.2, -0.15) is 0 Å². The van der Waals surface area contributed by atoms with Gasteiger partial charge >= 0.3 is 0 Å². The van der Waals surface area contributed by atoms with Crippen LogP contribution in [0.5, 0.6) is 0 Å². The molecule has 108 valence electrons. The van der Waals surface area contributed by atoms with E-state index in [1.165, 1.54) is 10.9 Å². The number of benzene rings is 1. The zero-order valence-corrected chi connectivity index (χ0v) is 12.0. The van der Waals surface area contributed by atoms with E-state index >= 15 is 0 Å². The molecule has 1 aromatic carbocycles. The van der Waals surface area contributed by atoms with Gasteiger partial charge in [0.25, 0.3) is 0 Å². The number of carbonyl (C=O) groups excluding carboxylic acids is 1. The third-order valence-corrected chi connectivity index (χ3v) is 3.67.